The predicted octanol–water partition coefficient (Wildman–Crippen LogP) is 4.90. The molecule has 1 aliphatic rings. The van der Waals surface area contributed by atoms with Crippen molar-refractivity contribution in [3.63, 3.8) is 0 Å². The summed E-state index contributed by atoms with van der Waals surface area (Å²) in [7, 11) is 0. The number of carbonyl (C=O) groups excluding carboxylic acids is 2. The molecule has 31 heavy (non-hydrogen) atoms. The second kappa shape index (κ2) is 9.02. The summed E-state index contributed by atoms with van der Waals surface area (Å²) in [5.74, 6) is 0.489. The van der Waals surface area contributed by atoms with Crippen LogP contribution in [-0.4, -0.2) is 39.8 Å². The Morgan fingerprint density at radius 2 is 1.87 bits per heavy atom. The molecular formula is C24H25ClN4O2. The molecule has 0 spiro atoms. The zero-order valence-corrected chi connectivity index (χ0v) is 18.4. The third-order valence-corrected chi connectivity index (χ3v) is 5.91. The quantitative estimate of drug-likeness (QED) is 0.631. The van der Waals surface area contributed by atoms with Gasteiger partial charge in [0.1, 0.15) is 5.82 Å². The molecule has 1 saturated heterocycles. The summed E-state index contributed by atoms with van der Waals surface area (Å²) < 4.78 is 0. The van der Waals surface area contributed by atoms with Crippen LogP contribution in [0.2, 0.25) is 5.02 Å². The molecule has 0 atom stereocenters. The SMILES string of the molecule is CC(C)c1cc(C(=O)N2CCC(C(=O)Nc3ccc(Cl)cn3)CC2)c2ccccc2n1. The first-order valence-corrected chi connectivity index (χ1v) is 10.9. The van der Waals surface area contributed by atoms with Crippen LogP contribution in [0.3, 0.4) is 0 Å². The van der Waals surface area contributed by atoms with E-state index in [2.05, 4.69) is 24.1 Å². The summed E-state index contributed by atoms with van der Waals surface area (Å²) in [6, 6.07) is 13.0. The standard InChI is InChI=1S/C24H25ClN4O2/c1-15(2)21-13-19(18-5-3-4-6-20(18)27-21)24(31)29-11-9-16(10-12-29)23(30)28-22-8-7-17(25)14-26-22/h3-8,13-16H,9-12H2,1-2H3,(H,26,28,30). The van der Waals surface area contributed by atoms with E-state index >= 15 is 0 Å². The first kappa shape index (κ1) is 21.2. The molecular weight excluding hydrogens is 412 g/mol. The highest BCUT2D eigenvalue weighted by atomic mass is 35.5. The Bertz CT molecular complexity index is 1110. The van der Waals surface area contributed by atoms with Gasteiger partial charge < -0.3 is 10.2 Å². The van der Waals surface area contributed by atoms with Gasteiger partial charge in [-0.1, -0.05) is 43.6 Å². The van der Waals surface area contributed by atoms with E-state index in [1.54, 1.807) is 12.1 Å². The van der Waals surface area contributed by atoms with Crippen molar-refractivity contribution >= 4 is 40.1 Å². The van der Waals surface area contributed by atoms with Crippen molar-refractivity contribution in [1.82, 2.24) is 14.9 Å². The third-order valence-electron chi connectivity index (χ3n) is 5.69. The molecule has 3 aromatic rings. The topological polar surface area (TPSA) is 75.2 Å². The monoisotopic (exact) mass is 436 g/mol. The van der Waals surface area contributed by atoms with Gasteiger partial charge in [-0.15, -0.1) is 0 Å². The maximum absolute atomic E-state index is 13.4. The zero-order valence-electron chi connectivity index (χ0n) is 17.6. The first-order valence-electron chi connectivity index (χ1n) is 10.5. The van der Waals surface area contributed by atoms with Crippen molar-refractivity contribution in [3.8, 4) is 0 Å². The molecule has 6 nitrogen and oxygen atoms in total. The lowest BCUT2D eigenvalue weighted by Gasteiger charge is -2.31. The van der Waals surface area contributed by atoms with Crippen LogP contribution in [0.1, 0.15) is 48.7 Å². The minimum atomic E-state index is -0.151. The van der Waals surface area contributed by atoms with Gasteiger partial charge in [0.15, 0.2) is 0 Å². The van der Waals surface area contributed by atoms with Crippen molar-refractivity contribution in [2.24, 2.45) is 5.92 Å². The van der Waals surface area contributed by atoms with Gasteiger partial charge in [0.25, 0.3) is 5.91 Å². The number of hydrogen-bond donors (Lipinski definition) is 1. The average molecular weight is 437 g/mol. The van der Waals surface area contributed by atoms with Crippen molar-refractivity contribution in [2.75, 3.05) is 18.4 Å². The van der Waals surface area contributed by atoms with E-state index in [1.807, 2.05) is 35.2 Å². The van der Waals surface area contributed by atoms with Crippen LogP contribution in [0, 0.1) is 5.92 Å². The normalized spacial score (nSPS) is 14.8. The molecule has 0 saturated carbocycles. The third kappa shape index (κ3) is 4.69. The molecule has 160 valence electrons. The Morgan fingerprint density at radius 1 is 1.13 bits per heavy atom. The van der Waals surface area contributed by atoms with Gasteiger partial charge in [0.05, 0.1) is 16.1 Å². The fourth-order valence-electron chi connectivity index (χ4n) is 3.86. The number of anilines is 1. The van der Waals surface area contributed by atoms with Crippen molar-refractivity contribution < 1.29 is 9.59 Å². The lowest BCUT2D eigenvalue weighted by molar-refractivity contribution is -0.121. The summed E-state index contributed by atoms with van der Waals surface area (Å²) in [5, 5.41) is 4.23. The maximum Gasteiger partial charge on any atom is 0.254 e. The zero-order chi connectivity index (χ0) is 22.0. The molecule has 2 aromatic heterocycles. The molecule has 1 aromatic carbocycles. The largest absolute Gasteiger partial charge is 0.339 e. The van der Waals surface area contributed by atoms with Crippen LogP contribution in [0.5, 0.6) is 0 Å². The maximum atomic E-state index is 13.4. The number of nitrogens with one attached hydrogen (secondary N) is 1. The number of likely N-dealkylation sites (tertiary alicyclic amines) is 1. The van der Waals surface area contributed by atoms with Gasteiger partial charge in [-0.3, -0.25) is 14.6 Å². The number of piperidine rings is 1. The summed E-state index contributed by atoms with van der Waals surface area (Å²) in [5.41, 5.74) is 2.43. The second-order valence-corrected chi connectivity index (χ2v) is 8.62. The molecule has 2 amide bonds. The predicted molar refractivity (Wildman–Crippen MR) is 122 cm³/mol. The summed E-state index contributed by atoms with van der Waals surface area (Å²) in [4.78, 5) is 36.6. The molecule has 1 aliphatic heterocycles. The lowest BCUT2D eigenvalue weighted by Crippen LogP contribution is -2.41. The fraction of sp³-hybridized carbons (Fsp3) is 0.333. The minimum Gasteiger partial charge on any atom is -0.339 e. The number of rotatable bonds is 4. The molecule has 0 aliphatic carbocycles. The second-order valence-electron chi connectivity index (χ2n) is 8.18. The van der Waals surface area contributed by atoms with Crippen LogP contribution in [-0.2, 0) is 4.79 Å². The Morgan fingerprint density at radius 3 is 2.55 bits per heavy atom. The minimum absolute atomic E-state index is 0.00118. The number of fused-ring (bicyclic) bond motifs is 1. The van der Waals surface area contributed by atoms with Crippen LogP contribution in [0.4, 0.5) is 5.82 Å². The van der Waals surface area contributed by atoms with E-state index in [9.17, 15) is 9.59 Å². The number of carbonyl (C=O) groups is 2. The van der Waals surface area contributed by atoms with Gasteiger partial charge in [-0.05, 0) is 43.0 Å². The summed E-state index contributed by atoms with van der Waals surface area (Å²) in [6.07, 6.45) is 2.74. The lowest BCUT2D eigenvalue weighted by atomic mass is 9.94. The number of aromatic nitrogens is 2. The number of pyridine rings is 2. The average Bonchev–Trinajstić information content (AvgIpc) is 2.79. The highest BCUT2D eigenvalue weighted by molar-refractivity contribution is 6.30. The summed E-state index contributed by atoms with van der Waals surface area (Å²) in [6.45, 7) is 5.23. The molecule has 0 bridgehead atoms. The highest BCUT2D eigenvalue weighted by Crippen LogP contribution is 2.26. The first-order chi connectivity index (χ1) is 14.9. The van der Waals surface area contributed by atoms with Crippen molar-refractivity contribution in [1.29, 1.82) is 0 Å². The number of amides is 2. The molecule has 0 unspecified atom stereocenters. The Labute approximate surface area is 186 Å². The van der Waals surface area contributed by atoms with Gasteiger partial charge in [0.2, 0.25) is 5.91 Å². The Balaban J connectivity index is 1.46. The van der Waals surface area contributed by atoms with Gasteiger partial charge >= 0.3 is 0 Å². The number of hydrogen-bond acceptors (Lipinski definition) is 4. The van der Waals surface area contributed by atoms with Crippen LogP contribution < -0.4 is 5.32 Å². The van der Waals surface area contributed by atoms with Gasteiger partial charge in [-0.2, -0.15) is 0 Å². The van der Waals surface area contributed by atoms with E-state index in [0.29, 0.717) is 42.3 Å². The van der Waals surface area contributed by atoms with Gasteiger partial charge in [0, 0.05) is 36.3 Å². The smallest absolute Gasteiger partial charge is 0.254 e. The Kier molecular flexibility index (Phi) is 6.18. The molecule has 0 radical (unpaired) electrons. The molecule has 1 fully saturated rings. The van der Waals surface area contributed by atoms with E-state index in [-0.39, 0.29) is 23.7 Å². The highest BCUT2D eigenvalue weighted by Gasteiger charge is 2.29. The molecule has 1 N–H and O–H groups in total. The van der Waals surface area contributed by atoms with Crippen molar-refractivity contribution in [2.45, 2.75) is 32.6 Å². The Hall–Kier alpha value is -2.99. The molecule has 7 heteroatoms. The number of benzene rings is 1. The number of para-hydroxylation sites is 1. The van der Waals surface area contributed by atoms with E-state index in [0.717, 1.165) is 16.6 Å². The van der Waals surface area contributed by atoms with Crippen LogP contribution in [0.25, 0.3) is 10.9 Å². The van der Waals surface area contributed by atoms with E-state index in [1.165, 1.54) is 6.20 Å². The number of nitrogens with zero attached hydrogens (tertiary/aromatic N) is 3. The van der Waals surface area contributed by atoms with E-state index < -0.39 is 0 Å². The van der Waals surface area contributed by atoms with Crippen LogP contribution in [0.15, 0.2) is 48.7 Å². The van der Waals surface area contributed by atoms with E-state index in [4.69, 9.17) is 16.6 Å². The molecule has 3 heterocycles. The van der Waals surface area contributed by atoms with Crippen molar-refractivity contribution in [3.05, 3.63) is 64.9 Å². The van der Waals surface area contributed by atoms with Gasteiger partial charge in [-0.25, -0.2) is 4.98 Å². The fourth-order valence-corrected chi connectivity index (χ4v) is 3.97. The summed E-state index contributed by atoms with van der Waals surface area (Å²) >= 11 is 5.84. The number of halogens is 1. The van der Waals surface area contributed by atoms with Crippen LogP contribution >= 0.6 is 11.6 Å². The molecule has 4 rings (SSSR count).